The van der Waals surface area contributed by atoms with E-state index in [0.717, 1.165) is 24.9 Å². The van der Waals surface area contributed by atoms with Gasteiger partial charge in [0.2, 0.25) is 0 Å². The molecule has 1 saturated heterocycles. The standard InChI is InChI=1S/C15H21NO3/c1-10(9-12-3-5-13(17)6-4-12)16-8-7-14(11(16)2)15(18)19/h3-6,10-11,14,17H,7-9H2,1-2H3,(H,18,19). The molecule has 0 saturated carbocycles. The molecule has 1 fully saturated rings. The monoisotopic (exact) mass is 263 g/mol. The van der Waals surface area contributed by atoms with Crippen LogP contribution in [0.5, 0.6) is 5.75 Å². The maximum atomic E-state index is 11.1. The van der Waals surface area contributed by atoms with E-state index in [-0.39, 0.29) is 17.7 Å². The van der Waals surface area contributed by atoms with Crippen molar-refractivity contribution in [2.24, 2.45) is 5.92 Å². The quantitative estimate of drug-likeness (QED) is 0.873. The molecule has 104 valence electrons. The number of phenolic OH excluding ortho intramolecular Hbond substituents is 1. The zero-order chi connectivity index (χ0) is 14.0. The van der Waals surface area contributed by atoms with E-state index in [1.54, 1.807) is 12.1 Å². The average Bonchev–Trinajstić information content (AvgIpc) is 2.74. The van der Waals surface area contributed by atoms with Gasteiger partial charge in [-0.05, 0) is 50.9 Å². The number of phenols is 1. The summed E-state index contributed by atoms with van der Waals surface area (Å²) in [7, 11) is 0. The van der Waals surface area contributed by atoms with Crippen LogP contribution in [-0.2, 0) is 11.2 Å². The van der Waals surface area contributed by atoms with E-state index in [1.165, 1.54) is 0 Å². The Morgan fingerprint density at radius 1 is 1.42 bits per heavy atom. The lowest BCUT2D eigenvalue weighted by molar-refractivity contribution is -0.142. The molecule has 0 spiro atoms. The van der Waals surface area contributed by atoms with Crippen LogP contribution in [0.4, 0.5) is 0 Å². The molecule has 1 aliphatic rings. The SMILES string of the molecule is CC(Cc1ccc(O)cc1)N1CCC(C(=O)O)C1C. The number of rotatable bonds is 4. The van der Waals surface area contributed by atoms with Gasteiger partial charge in [0.25, 0.3) is 0 Å². The Morgan fingerprint density at radius 3 is 2.58 bits per heavy atom. The Labute approximate surface area is 113 Å². The van der Waals surface area contributed by atoms with Crippen LogP contribution in [-0.4, -0.2) is 39.7 Å². The van der Waals surface area contributed by atoms with E-state index in [1.807, 2.05) is 19.1 Å². The molecule has 0 aliphatic carbocycles. The van der Waals surface area contributed by atoms with Crippen molar-refractivity contribution in [1.82, 2.24) is 4.90 Å². The summed E-state index contributed by atoms with van der Waals surface area (Å²) in [6, 6.07) is 7.61. The van der Waals surface area contributed by atoms with Gasteiger partial charge in [0.05, 0.1) is 5.92 Å². The second kappa shape index (κ2) is 5.61. The molecule has 1 heterocycles. The van der Waals surface area contributed by atoms with Crippen molar-refractivity contribution in [2.75, 3.05) is 6.54 Å². The minimum Gasteiger partial charge on any atom is -0.508 e. The molecule has 4 nitrogen and oxygen atoms in total. The van der Waals surface area contributed by atoms with Gasteiger partial charge in [-0.2, -0.15) is 0 Å². The maximum absolute atomic E-state index is 11.1. The summed E-state index contributed by atoms with van der Waals surface area (Å²) in [6.07, 6.45) is 1.60. The third kappa shape index (κ3) is 3.07. The second-order valence-electron chi connectivity index (χ2n) is 5.43. The van der Waals surface area contributed by atoms with E-state index in [4.69, 9.17) is 5.11 Å². The highest BCUT2D eigenvalue weighted by molar-refractivity contribution is 5.71. The Hall–Kier alpha value is -1.55. The third-order valence-corrected chi connectivity index (χ3v) is 4.15. The molecule has 19 heavy (non-hydrogen) atoms. The fourth-order valence-electron chi connectivity index (χ4n) is 3.01. The molecule has 3 atom stereocenters. The summed E-state index contributed by atoms with van der Waals surface area (Å²) in [5.41, 5.74) is 1.16. The molecule has 4 heteroatoms. The highest BCUT2D eigenvalue weighted by Crippen LogP contribution is 2.27. The van der Waals surface area contributed by atoms with Gasteiger partial charge in [-0.3, -0.25) is 9.69 Å². The lowest BCUT2D eigenvalue weighted by Gasteiger charge is -2.29. The van der Waals surface area contributed by atoms with Crippen molar-refractivity contribution in [3.05, 3.63) is 29.8 Å². The van der Waals surface area contributed by atoms with Crippen molar-refractivity contribution >= 4 is 5.97 Å². The molecule has 0 amide bonds. The predicted molar refractivity (Wildman–Crippen MR) is 73.2 cm³/mol. The zero-order valence-electron chi connectivity index (χ0n) is 11.4. The summed E-state index contributed by atoms with van der Waals surface area (Å²) in [4.78, 5) is 13.4. The molecule has 0 bridgehead atoms. The summed E-state index contributed by atoms with van der Waals surface area (Å²) < 4.78 is 0. The van der Waals surface area contributed by atoms with E-state index in [2.05, 4.69) is 11.8 Å². The Bertz CT molecular complexity index is 443. The summed E-state index contributed by atoms with van der Waals surface area (Å²) in [6.45, 7) is 4.98. The number of likely N-dealkylation sites (tertiary alicyclic amines) is 1. The van der Waals surface area contributed by atoms with Crippen molar-refractivity contribution in [2.45, 2.75) is 38.8 Å². The number of aromatic hydroxyl groups is 1. The summed E-state index contributed by atoms with van der Waals surface area (Å²) in [5.74, 6) is -0.661. The van der Waals surface area contributed by atoms with Crippen molar-refractivity contribution in [3.63, 3.8) is 0 Å². The highest BCUT2D eigenvalue weighted by Gasteiger charge is 2.37. The van der Waals surface area contributed by atoms with E-state index >= 15 is 0 Å². The van der Waals surface area contributed by atoms with Crippen LogP contribution in [0.3, 0.4) is 0 Å². The largest absolute Gasteiger partial charge is 0.508 e. The number of carboxylic acid groups (broad SMARTS) is 1. The number of carboxylic acids is 1. The fourth-order valence-corrected chi connectivity index (χ4v) is 3.01. The van der Waals surface area contributed by atoms with Gasteiger partial charge in [0.15, 0.2) is 0 Å². The van der Waals surface area contributed by atoms with Crippen LogP contribution in [0.2, 0.25) is 0 Å². The van der Waals surface area contributed by atoms with Crippen LogP contribution >= 0.6 is 0 Å². The van der Waals surface area contributed by atoms with E-state index < -0.39 is 5.97 Å². The van der Waals surface area contributed by atoms with Gasteiger partial charge in [-0.15, -0.1) is 0 Å². The van der Waals surface area contributed by atoms with Crippen LogP contribution in [0.25, 0.3) is 0 Å². The van der Waals surface area contributed by atoms with E-state index in [9.17, 15) is 9.90 Å². The van der Waals surface area contributed by atoms with Crippen LogP contribution in [0.15, 0.2) is 24.3 Å². The zero-order valence-corrected chi connectivity index (χ0v) is 11.4. The van der Waals surface area contributed by atoms with Gasteiger partial charge in [-0.25, -0.2) is 0 Å². The smallest absolute Gasteiger partial charge is 0.308 e. The van der Waals surface area contributed by atoms with Gasteiger partial charge < -0.3 is 10.2 Å². The van der Waals surface area contributed by atoms with Crippen LogP contribution < -0.4 is 0 Å². The number of benzene rings is 1. The Balaban J connectivity index is 1.99. The average molecular weight is 263 g/mol. The predicted octanol–water partition coefficient (Wildman–Crippen LogP) is 2.12. The normalized spacial score (nSPS) is 25.4. The van der Waals surface area contributed by atoms with Crippen molar-refractivity contribution in [1.29, 1.82) is 0 Å². The van der Waals surface area contributed by atoms with Crippen molar-refractivity contribution in [3.8, 4) is 5.75 Å². The maximum Gasteiger partial charge on any atom is 0.308 e. The molecular weight excluding hydrogens is 242 g/mol. The first kappa shape index (κ1) is 13.9. The number of nitrogens with zero attached hydrogens (tertiary/aromatic N) is 1. The molecular formula is C15H21NO3. The third-order valence-electron chi connectivity index (χ3n) is 4.15. The number of hydrogen-bond donors (Lipinski definition) is 2. The Kier molecular flexibility index (Phi) is 4.10. The second-order valence-corrected chi connectivity index (χ2v) is 5.43. The number of carbonyl (C=O) groups is 1. The minimum atomic E-state index is -0.688. The molecule has 1 aliphatic heterocycles. The molecule has 2 rings (SSSR count). The van der Waals surface area contributed by atoms with Gasteiger partial charge >= 0.3 is 5.97 Å². The number of hydrogen-bond acceptors (Lipinski definition) is 3. The van der Waals surface area contributed by atoms with E-state index in [0.29, 0.717) is 6.04 Å². The lowest BCUT2D eigenvalue weighted by Crippen LogP contribution is -2.40. The molecule has 1 aromatic rings. The van der Waals surface area contributed by atoms with Crippen LogP contribution in [0, 0.1) is 5.92 Å². The Morgan fingerprint density at radius 2 is 2.05 bits per heavy atom. The summed E-state index contributed by atoms with van der Waals surface area (Å²) in [5, 5.41) is 18.4. The molecule has 0 radical (unpaired) electrons. The summed E-state index contributed by atoms with van der Waals surface area (Å²) >= 11 is 0. The highest BCUT2D eigenvalue weighted by atomic mass is 16.4. The first-order valence-electron chi connectivity index (χ1n) is 6.75. The molecule has 0 aromatic heterocycles. The van der Waals surface area contributed by atoms with Gasteiger partial charge in [-0.1, -0.05) is 12.1 Å². The molecule has 3 unspecified atom stereocenters. The van der Waals surface area contributed by atoms with Gasteiger partial charge in [0, 0.05) is 12.1 Å². The van der Waals surface area contributed by atoms with Crippen LogP contribution in [0.1, 0.15) is 25.8 Å². The first-order chi connectivity index (χ1) is 8.99. The topological polar surface area (TPSA) is 60.8 Å². The van der Waals surface area contributed by atoms with Gasteiger partial charge in [0.1, 0.15) is 5.75 Å². The lowest BCUT2D eigenvalue weighted by atomic mass is 10.0. The molecule has 2 N–H and O–H groups in total. The number of aliphatic carboxylic acids is 1. The first-order valence-corrected chi connectivity index (χ1v) is 6.75. The molecule has 1 aromatic carbocycles. The fraction of sp³-hybridized carbons (Fsp3) is 0.533. The van der Waals surface area contributed by atoms with Crippen molar-refractivity contribution < 1.29 is 15.0 Å². The minimum absolute atomic E-state index is 0.0876.